The molecule has 0 spiro atoms. The molecule has 0 saturated carbocycles. The predicted octanol–water partition coefficient (Wildman–Crippen LogP) is 2.31. The minimum absolute atomic E-state index is 0.643. The Balaban J connectivity index is 3.04. The van der Waals surface area contributed by atoms with E-state index < -0.39 is 0 Å². The van der Waals surface area contributed by atoms with Gasteiger partial charge < -0.3 is 4.74 Å². The first-order valence-corrected chi connectivity index (χ1v) is 3.46. The van der Waals surface area contributed by atoms with E-state index in [1.54, 1.807) is 6.08 Å². The van der Waals surface area contributed by atoms with Gasteiger partial charge in [0.15, 0.2) is 0 Å². The summed E-state index contributed by atoms with van der Waals surface area (Å²) in [5.41, 5.74) is 2.97. The van der Waals surface area contributed by atoms with Crippen molar-refractivity contribution in [3.8, 4) is 0 Å². The minimum Gasteiger partial charge on any atom is -0.377 e. The molecule has 10 heavy (non-hydrogen) atoms. The van der Waals surface area contributed by atoms with Crippen molar-refractivity contribution in [3.05, 3.63) is 30.5 Å². The molecule has 0 aliphatic carbocycles. The molecule has 0 aliphatic rings. The van der Waals surface area contributed by atoms with E-state index >= 15 is 0 Å². The zero-order chi connectivity index (χ0) is 7.66. The Labute approximate surface area is 62.7 Å². The Morgan fingerprint density at radius 2 is 2.40 bits per heavy atom. The van der Waals surface area contributed by atoms with Crippen LogP contribution in [0.1, 0.15) is 13.3 Å². The molecule has 0 atom stereocenters. The van der Waals surface area contributed by atoms with Crippen molar-refractivity contribution < 1.29 is 4.74 Å². The number of ether oxygens (including phenoxy) is 1. The van der Waals surface area contributed by atoms with Gasteiger partial charge in [0, 0.05) is 0 Å². The molecule has 56 valence electrons. The molecule has 0 aromatic rings. The summed E-state index contributed by atoms with van der Waals surface area (Å²) in [5, 5.41) is 0. The summed E-state index contributed by atoms with van der Waals surface area (Å²) < 4.78 is 5.13. The molecule has 0 N–H and O–H groups in total. The second-order valence-electron chi connectivity index (χ2n) is 1.81. The lowest BCUT2D eigenvalue weighted by atomic mass is 10.4. The fourth-order valence-corrected chi connectivity index (χ4v) is 0.510. The minimum atomic E-state index is 0.643. The van der Waals surface area contributed by atoms with Gasteiger partial charge >= 0.3 is 0 Å². The second kappa shape index (κ2) is 8.22. The molecule has 0 fully saturated rings. The van der Waals surface area contributed by atoms with Crippen LogP contribution in [0.3, 0.4) is 0 Å². The van der Waals surface area contributed by atoms with Crippen molar-refractivity contribution in [3.63, 3.8) is 0 Å². The van der Waals surface area contributed by atoms with E-state index in [-0.39, 0.29) is 0 Å². The van der Waals surface area contributed by atoms with Gasteiger partial charge in [-0.3, -0.25) is 0 Å². The highest BCUT2D eigenvalue weighted by Crippen LogP contribution is 1.83. The topological polar surface area (TPSA) is 9.23 Å². The van der Waals surface area contributed by atoms with Crippen LogP contribution in [0, 0.1) is 0 Å². The van der Waals surface area contributed by atoms with E-state index in [9.17, 15) is 0 Å². The van der Waals surface area contributed by atoms with Gasteiger partial charge in [-0.05, 0) is 25.5 Å². The maximum atomic E-state index is 5.13. The molecule has 0 bridgehead atoms. The fourth-order valence-electron chi connectivity index (χ4n) is 0.510. The number of hydrogen-bond acceptors (Lipinski definition) is 1. The van der Waals surface area contributed by atoms with Crippen LogP contribution in [-0.4, -0.2) is 13.2 Å². The lowest BCUT2D eigenvalue weighted by Crippen LogP contribution is -1.91. The maximum Gasteiger partial charge on any atom is 0.0644 e. The normalized spacial score (nSPS) is 8.10. The Morgan fingerprint density at radius 3 is 3.00 bits per heavy atom. The van der Waals surface area contributed by atoms with Gasteiger partial charge in [0.05, 0.1) is 13.2 Å². The van der Waals surface area contributed by atoms with Gasteiger partial charge in [0.1, 0.15) is 0 Å². The van der Waals surface area contributed by atoms with Gasteiger partial charge in [0.25, 0.3) is 0 Å². The Bertz CT molecular complexity index is 130. The number of hydrogen-bond donors (Lipinski definition) is 0. The van der Waals surface area contributed by atoms with E-state index in [0.717, 1.165) is 13.0 Å². The summed E-state index contributed by atoms with van der Waals surface area (Å²) in [4.78, 5) is 0. The van der Waals surface area contributed by atoms with Crippen molar-refractivity contribution in [2.24, 2.45) is 0 Å². The van der Waals surface area contributed by atoms with E-state index in [1.165, 1.54) is 0 Å². The van der Waals surface area contributed by atoms with E-state index in [0.29, 0.717) is 6.61 Å². The third-order valence-electron chi connectivity index (χ3n) is 0.927. The summed E-state index contributed by atoms with van der Waals surface area (Å²) >= 11 is 0. The second-order valence-corrected chi connectivity index (χ2v) is 1.81. The highest BCUT2D eigenvalue weighted by atomic mass is 16.5. The average Bonchev–Trinajstić information content (AvgIpc) is 1.97. The average molecular weight is 138 g/mol. The monoisotopic (exact) mass is 138 g/mol. The highest BCUT2D eigenvalue weighted by molar-refractivity contribution is 4.81. The first-order valence-electron chi connectivity index (χ1n) is 3.46. The third-order valence-corrected chi connectivity index (χ3v) is 0.927. The molecule has 0 radical (unpaired) electrons. The SMILES string of the molecule is C=CCOCCC=C=CC. The molecule has 0 amide bonds. The van der Waals surface area contributed by atoms with Gasteiger partial charge in [-0.2, -0.15) is 0 Å². The van der Waals surface area contributed by atoms with Crippen molar-refractivity contribution >= 4 is 0 Å². The molecular formula is C9H14O. The van der Waals surface area contributed by atoms with Gasteiger partial charge in [-0.25, -0.2) is 0 Å². The zero-order valence-corrected chi connectivity index (χ0v) is 6.47. The van der Waals surface area contributed by atoms with Crippen molar-refractivity contribution in [1.29, 1.82) is 0 Å². The maximum absolute atomic E-state index is 5.13. The third kappa shape index (κ3) is 7.22. The van der Waals surface area contributed by atoms with Crippen LogP contribution >= 0.6 is 0 Å². The van der Waals surface area contributed by atoms with Crippen LogP contribution in [0.2, 0.25) is 0 Å². The largest absolute Gasteiger partial charge is 0.377 e. The lowest BCUT2D eigenvalue weighted by Gasteiger charge is -1.93. The van der Waals surface area contributed by atoms with Crippen LogP contribution in [0.4, 0.5) is 0 Å². The van der Waals surface area contributed by atoms with Crippen LogP contribution in [0.5, 0.6) is 0 Å². The predicted molar refractivity (Wildman–Crippen MR) is 44.0 cm³/mol. The van der Waals surface area contributed by atoms with Crippen LogP contribution in [0.15, 0.2) is 30.5 Å². The zero-order valence-electron chi connectivity index (χ0n) is 6.47. The van der Waals surface area contributed by atoms with Crippen LogP contribution < -0.4 is 0 Å². The van der Waals surface area contributed by atoms with E-state index in [4.69, 9.17) is 4.74 Å². The Hall–Kier alpha value is -0.780. The van der Waals surface area contributed by atoms with Crippen molar-refractivity contribution in [1.82, 2.24) is 0 Å². The van der Waals surface area contributed by atoms with Gasteiger partial charge in [-0.15, -0.1) is 12.3 Å². The summed E-state index contributed by atoms with van der Waals surface area (Å²) in [6, 6.07) is 0. The molecule has 0 aliphatic heterocycles. The van der Waals surface area contributed by atoms with Crippen molar-refractivity contribution in [2.75, 3.05) is 13.2 Å². The van der Waals surface area contributed by atoms with E-state index in [2.05, 4.69) is 12.3 Å². The van der Waals surface area contributed by atoms with Gasteiger partial charge in [0.2, 0.25) is 0 Å². The highest BCUT2D eigenvalue weighted by Gasteiger charge is 1.78. The van der Waals surface area contributed by atoms with Crippen LogP contribution in [0.25, 0.3) is 0 Å². The van der Waals surface area contributed by atoms with Crippen molar-refractivity contribution in [2.45, 2.75) is 13.3 Å². The molecule has 1 nitrogen and oxygen atoms in total. The molecule has 0 heterocycles. The Kier molecular flexibility index (Phi) is 7.58. The molecule has 0 aromatic carbocycles. The molecule has 0 unspecified atom stereocenters. The van der Waals surface area contributed by atoms with Gasteiger partial charge in [-0.1, -0.05) is 6.08 Å². The van der Waals surface area contributed by atoms with Crippen LogP contribution in [-0.2, 0) is 4.74 Å². The summed E-state index contributed by atoms with van der Waals surface area (Å²) in [6.45, 7) is 6.88. The molecule has 0 aromatic heterocycles. The standard InChI is InChI=1S/C9H14O/c1-3-5-6-7-9-10-8-4-2/h3-4,6H,2,7-9H2,1H3. The summed E-state index contributed by atoms with van der Waals surface area (Å²) in [5.74, 6) is 0. The van der Waals surface area contributed by atoms with E-state index in [1.807, 2.05) is 19.1 Å². The lowest BCUT2D eigenvalue weighted by molar-refractivity contribution is 0.168. The summed E-state index contributed by atoms with van der Waals surface area (Å²) in [6.07, 6.45) is 6.52. The molecule has 1 heteroatoms. The summed E-state index contributed by atoms with van der Waals surface area (Å²) in [7, 11) is 0. The fraction of sp³-hybridized carbons (Fsp3) is 0.444. The molecule has 0 saturated heterocycles. The first-order chi connectivity index (χ1) is 4.91. The smallest absolute Gasteiger partial charge is 0.0644 e. The molecular weight excluding hydrogens is 124 g/mol. The first kappa shape index (κ1) is 9.22. The quantitative estimate of drug-likeness (QED) is 0.322. The number of rotatable bonds is 5. The Morgan fingerprint density at radius 1 is 1.60 bits per heavy atom. The molecule has 0 rings (SSSR count).